The molecule has 4 rings (SSSR count). The van der Waals surface area contributed by atoms with Gasteiger partial charge in [0.05, 0.1) is 6.61 Å². The van der Waals surface area contributed by atoms with Crippen LogP contribution >= 0.6 is 0 Å². The van der Waals surface area contributed by atoms with Crippen molar-refractivity contribution >= 4 is 11.8 Å². The van der Waals surface area contributed by atoms with Crippen molar-refractivity contribution in [2.24, 2.45) is 0 Å². The maximum absolute atomic E-state index is 5.58. The number of hydrogen-bond donors (Lipinski definition) is 0. The molecule has 2 aromatic heterocycles. The Morgan fingerprint density at radius 2 is 1.67 bits per heavy atom. The fourth-order valence-electron chi connectivity index (χ4n) is 3.96. The lowest BCUT2D eigenvalue weighted by atomic mass is 9.96. The summed E-state index contributed by atoms with van der Waals surface area (Å²) in [5.74, 6) is 3.45. The van der Waals surface area contributed by atoms with Gasteiger partial charge in [0, 0.05) is 49.2 Å². The molecule has 1 fully saturated rings. The number of aromatic nitrogens is 4. The Balaban J connectivity index is 1.51. The Morgan fingerprint density at radius 3 is 2.44 bits per heavy atom. The van der Waals surface area contributed by atoms with Gasteiger partial charge in [-0.05, 0) is 46.5 Å². The van der Waals surface area contributed by atoms with Crippen LogP contribution in [-0.4, -0.2) is 52.7 Å². The molecule has 3 heterocycles. The van der Waals surface area contributed by atoms with Crippen LogP contribution in [-0.2, 0) is 12.8 Å². The first kappa shape index (κ1) is 17.9. The second-order valence-electron chi connectivity index (χ2n) is 7.28. The van der Waals surface area contributed by atoms with Gasteiger partial charge >= 0.3 is 0 Å². The third-order valence-corrected chi connectivity index (χ3v) is 5.25. The molecule has 27 heavy (non-hydrogen) atoms. The van der Waals surface area contributed by atoms with Crippen molar-refractivity contribution in [3.05, 3.63) is 28.8 Å². The fourth-order valence-corrected chi connectivity index (χ4v) is 3.96. The van der Waals surface area contributed by atoms with E-state index in [1.807, 2.05) is 26.8 Å². The monoisotopic (exact) mass is 368 g/mol. The molecule has 0 amide bonds. The van der Waals surface area contributed by atoms with Gasteiger partial charge in [-0.1, -0.05) is 0 Å². The summed E-state index contributed by atoms with van der Waals surface area (Å²) in [4.78, 5) is 23.3. The largest absolute Gasteiger partial charge is 0.478 e. The minimum Gasteiger partial charge on any atom is -0.478 e. The van der Waals surface area contributed by atoms with Gasteiger partial charge in [-0.15, -0.1) is 0 Å². The molecular weight excluding hydrogens is 340 g/mol. The van der Waals surface area contributed by atoms with Crippen LogP contribution in [0.15, 0.2) is 6.07 Å². The zero-order valence-corrected chi connectivity index (χ0v) is 16.5. The van der Waals surface area contributed by atoms with E-state index in [2.05, 4.69) is 24.8 Å². The molecule has 2 aliphatic rings. The highest BCUT2D eigenvalue weighted by Crippen LogP contribution is 2.29. The second-order valence-corrected chi connectivity index (χ2v) is 7.28. The number of nitrogens with zero attached hydrogens (tertiary/aromatic N) is 6. The van der Waals surface area contributed by atoms with Gasteiger partial charge in [-0.3, -0.25) is 0 Å². The minimum absolute atomic E-state index is 0.613. The number of fused-ring (bicyclic) bond motifs is 1. The Morgan fingerprint density at radius 1 is 0.926 bits per heavy atom. The van der Waals surface area contributed by atoms with Gasteiger partial charge in [0.25, 0.3) is 0 Å². The SMILES string of the molecule is CCOc1cc(C)nc(N2CCN(c3nc(C)nc4c3CCCC4)CC2)n1. The summed E-state index contributed by atoms with van der Waals surface area (Å²) in [6.45, 7) is 10.2. The summed E-state index contributed by atoms with van der Waals surface area (Å²) in [6, 6.07) is 1.89. The first-order chi connectivity index (χ1) is 13.1. The quantitative estimate of drug-likeness (QED) is 0.821. The van der Waals surface area contributed by atoms with E-state index >= 15 is 0 Å². The van der Waals surface area contributed by atoms with Crippen LogP contribution in [0.2, 0.25) is 0 Å². The molecule has 0 atom stereocenters. The van der Waals surface area contributed by atoms with Gasteiger partial charge in [0.2, 0.25) is 11.8 Å². The lowest BCUT2D eigenvalue weighted by molar-refractivity contribution is 0.325. The number of hydrogen-bond acceptors (Lipinski definition) is 7. The lowest BCUT2D eigenvalue weighted by Gasteiger charge is -2.37. The molecular formula is C20H28N6O. The highest BCUT2D eigenvalue weighted by Gasteiger charge is 2.25. The maximum atomic E-state index is 5.58. The number of aryl methyl sites for hydroxylation is 3. The number of ether oxygens (including phenoxy) is 1. The predicted molar refractivity (Wildman–Crippen MR) is 106 cm³/mol. The molecule has 7 heteroatoms. The van der Waals surface area contributed by atoms with E-state index in [9.17, 15) is 0 Å². The summed E-state index contributed by atoms with van der Waals surface area (Å²) in [6.07, 6.45) is 4.67. The molecule has 0 bridgehead atoms. The molecule has 2 aromatic rings. The van der Waals surface area contributed by atoms with Crippen molar-refractivity contribution in [1.82, 2.24) is 19.9 Å². The van der Waals surface area contributed by atoms with Crippen LogP contribution in [0.4, 0.5) is 11.8 Å². The molecule has 1 aliphatic carbocycles. The van der Waals surface area contributed by atoms with E-state index in [1.165, 1.54) is 24.1 Å². The standard InChI is InChI=1S/C20H28N6O/c1-4-27-18-13-14(2)21-20(24-18)26-11-9-25(10-12-26)19-16-7-5-6-8-17(16)22-15(3)23-19/h13H,4-12H2,1-3H3. The summed E-state index contributed by atoms with van der Waals surface area (Å²) in [7, 11) is 0. The Hall–Kier alpha value is -2.44. The number of anilines is 2. The predicted octanol–water partition coefficient (Wildman–Crippen LogP) is 2.49. The zero-order chi connectivity index (χ0) is 18.8. The first-order valence-electron chi connectivity index (χ1n) is 9.99. The average Bonchev–Trinajstić information content (AvgIpc) is 2.67. The highest BCUT2D eigenvalue weighted by atomic mass is 16.5. The zero-order valence-electron chi connectivity index (χ0n) is 16.5. The normalized spacial score (nSPS) is 17.0. The van der Waals surface area contributed by atoms with Crippen molar-refractivity contribution in [3.8, 4) is 5.88 Å². The van der Waals surface area contributed by atoms with Crippen LogP contribution < -0.4 is 14.5 Å². The molecule has 144 valence electrons. The topological polar surface area (TPSA) is 67.3 Å². The van der Waals surface area contributed by atoms with Gasteiger partial charge in [0.1, 0.15) is 11.6 Å². The summed E-state index contributed by atoms with van der Waals surface area (Å²) in [5.41, 5.74) is 3.56. The Labute approximate surface area is 160 Å². The Kier molecular flexibility index (Phi) is 5.09. The summed E-state index contributed by atoms with van der Waals surface area (Å²) < 4.78 is 5.58. The van der Waals surface area contributed by atoms with E-state index < -0.39 is 0 Å². The van der Waals surface area contributed by atoms with Gasteiger partial charge in [0.15, 0.2) is 0 Å². The number of rotatable bonds is 4. The van der Waals surface area contributed by atoms with Crippen molar-refractivity contribution < 1.29 is 4.74 Å². The number of piperazine rings is 1. The lowest BCUT2D eigenvalue weighted by Crippen LogP contribution is -2.48. The van der Waals surface area contributed by atoms with Crippen molar-refractivity contribution in [1.29, 1.82) is 0 Å². The van der Waals surface area contributed by atoms with E-state index in [4.69, 9.17) is 9.72 Å². The van der Waals surface area contributed by atoms with Crippen LogP contribution in [0.5, 0.6) is 5.88 Å². The van der Waals surface area contributed by atoms with E-state index in [-0.39, 0.29) is 0 Å². The Bertz CT molecular complexity index is 816. The first-order valence-corrected chi connectivity index (χ1v) is 9.99. The minimum atomic E-state index is 0.613. The third-order valence-electron chi connectivity index (χ3n) is 5.25. The van der Waals surface area contributed by atoms with Gasteiger partial charge in [-0.2, -0.15) is 4.98 Å². The van der Waals surface area contributed by atoms with E-state index in [1.54, 1.807) is 0 Å². The summed E-state index contributed by atoms with van der Waals surface area (Å²) >= 11 is 0. The molecule has 0 unspecified atom stereocenters. The van der Waals surface area contributed by atoms with Gasteiger partial charge < -0.3 is 14.5 Å². The molecule has 0 aromatic carbocycles. The molecule has 1 saturated heterocycles. The maximum Gasteiger partial charge on any atom is 0.228 e. The molecule has 0 radical (unpaired) electrons. The highest BCUT2D eigenvalue weighted by molar-refractivity contribution is 5.52. The van der Waals surface area contributed by atoms with Crippen LogP contribution in [0.3, 0.4) is 0 Å². The summed E-state index contributed by atoms with van der Waals surface area (Å²) in [5, 5.41) is 0. The third kappa shape index (κ3) is 3.82. The van der Waals surface area contributed by atoms with E-state index in [0.29, 0.717) is 12.5 Å². The second kappa shape index (κ2) is 7.66. The van der Waals surface area contributed by atoms with Crippen molar-refractivity contribution in [3.63, 3.8) is 0 Å². The fraction of sp³-hybridized carbons (Fsp3) is 0.600. The smallest absolute Gasteiger partial charge is 0.228 e. The van der Waals surface area contributed by atoms with E-state index in [0.717, 1.165) is 62.3 Å². The van der Waals surface area contributed by atoms with Crippen LogP contribution in [0, 0.1) is 13.8 Å². The molecule has 0 saturated carbocycles. The van der Waals surface area contributed by atoms with Crippen molar-refractivity contribution in [2.75, 3.05) is 42.6 Å². The van der Waals surface area contributed by atoms with Crippen LogP contribution in [0.25, 0.3) is 0 Å². The molecule has 7 nitrogen and oxygen atoms in total. The molecule has 0 spiro atoms. The molecule has 0 N–H and O–H groups in total. The average molecular weight is 368 g/mol. The van der Waals surface area contributed by atoms with Gasteiger partial charge in [-0.25, -0.2) is 15.0 Å². The molecule has 1 aliphatic heterocycles. The van der Waals surface area contributed by atoms with Crippen molar-refractivity contribution in [2.45, 2.75) is 46.5 Å². The van der Waals surface area contributed by atoms with Crippen LogP contribution in [0.1, 0.15) is 42.5 Å².